The van der Waals surface area contributed by atoms with Gasteiger partial charge in [-0.3, -0.25) is 0 Å². The van der Waals surface area contributed by atoms with Crippen molar-refractivity contribution in [1.29, 1.82) is 0 Å². The molecule has 0 aliphatic rings. The van der Waals surface area contributed by atoms with E-state index in [2.05, 4.69) is 0 Å². The van der Waals surface area contributed by atoms with Crippen molar-refractivity contribution in [2.75, 3.05) is 0 Å². The van der Waals surface area contributed by atoms with Crippen LogP contribution in [0.3, 0.4) is 0 Å². The highest BCUT2D eigenvalue weighted by atomic mass is 35.5. The van der Waals surface area contributed by atoms with Gasteiger partial charge < -0.3 is 10.2 Å². The number of nitrogens with two attached hydrogens (primary N) is 1. The lowest BCUT2D eigenvalue weighted by atomic mass is 10.0. The van der Waals surface area contributed by atoms with Crippen molar-refractivity contribution in [2.24, 2.45) is 5.73 Å². The predicted octanol–water partition coefficient (Wildman–Crippen LogP) is 3.63. The maximum Gasteiger partial charge on any atom is 0.0953 e. The second kappa shape index (κ2) is 4.27. The minimum atomic E-state index is -0.264. The molecule has 0 aliphatic carbocycles. The number of hydrogen-bond acceptors (Lipinski definition) is 2. The molecule has 0 spiro atoms. The number of benzene rings is 1. The molecule has 2 N–H and O–H groups in total. The topological polar surface area (TPSA) is 39.2 Å². The smallest absolute Gasteiger partial charge is 0.0953 e. The lowest BCUT2D eigenvalue weighted by molar-refractivity contribution is 0.562. The maximum absolute atomic E-state index is 6.02. The van der Waals surface area contributed by atoms with Gasteiger partial charge in [-0.2, -0.15) is 0 Å². The zero-order valence-corrected chi connectivity index (χ0v) is 9.29. The van der Waals surface area contributed by atoms with Crippen LogP contribution in [-0.4, -0.2) is 0 Å². The third-order valence-electron chi connectivity index (χ3n) is 2.15. The second-order valence-corrected chi connectivity index (χ2v) is 4.11. The second-order valence-electron chi connectivity index (χ2n) is 3.24. The average molecular weight is 242 g/mol. The number of rotatable bonds is 2. The zero-order chi connectivity index (χ0) is 10.8. The van der Waals surface area contributed by atoms with E-state index >= 15 is 0 Å². The van der Waals surface area contributed by atoms with E-state index in [9.17, 15) is 0 Å². The minimum Gasteiger partial charge on any atom is -0.472 e. The molecular weight excluding hydrogens is 233 g/mol. The molecule has 1 aromatic heterocycles. The van der Waals surface area contributed by atoms with Crippen LogP contribution < -0.4 is 5.73 Å². The molecule has 2 aromatic rings. The third kappa shape index (κ3) is 2.34. The molecule has 78 valence electrons. The van der Waals surface area contributed by atoms with E-state index < -0.39 is 0 Å². The summed E-state index contributed by atoms with van der Waals surface area (Å²) in [5, 5.41) is 1.16. The van der Waals surface area contributed by atoms with Crippen LogP contribution >= 0.6 is 23.2 Å². The summed E-state index contributed by atoms with van der Waals surface area (Å²) in [5.74, 6) is 0. The Hall–Kier alpha value is -0.960. The summed E-state index contributed by atoms with van der Waals surface area (Å²) in [4.78, 5) is 0. The summed E-state index contributed by atoms with van der Waals surface area (Å²) in [6.45, 7) is 0. The standard InChI is InChI=1S/C11H9Cl2NO/c12-9-3-8(4-10(13)5-9)11(14)7-1-2-15-6-7/h1-6,11H,14H2. The van der Waals surface area contributed by atoms with Crippen LogP contribution in [0.25, 0.3) is 0 Å². The van der Waals surface area contributed by atoms with Gasteiger partial charge >= 0.3 is 0 Å². The zero-order valence-electron chi connectivity index (χ0n) is 7.78. The summed E-state index contributed by atoms with van der Waals surface area (Å²) in [6, 6.07) is 6.82. The van der Waals surface area contributed by atoms with Crippen molar-refractivity contribution in [3.8, 4) is 0 Å². The quantitative estimate of drug-likeness (QED) is 0.873. The Bertz CT molecular complexity index is 433. The fraction of sp³-hybridized carbons (Fsp3) is 0.0909. The Morgan fingerprint density at radius 1 is 1.07 bits per heavy atom. The highest BCUT2D eigenvalue weighted by Crippen LogP contribution is 2.26. The third-order valence-corrected chi connectivity index (χ3v) is 2.58. The first-order valence-corrected chi connectivity index (χ1v) is 5.16. The molecule has 0 fully saturated rings. The van der Waals surface area contributed by atoms with Crippen molar-refractivity contribution in [1.82, 2.24) is 0 Å². The van der Waals surface area contributed by atoms with Gasteiger partial charge in [-0.1, -0.05) is 23.2 Å². The molecule has 1 atom stereocenters. The van der Waals surface area contributed by atoms with Gasteiger partial charge in [0.1, 0.15) is 0 Å². The van der Waals surface area contributed by atoms with Crippen LogP contribution in [0.1, 0.15) is 17.2 Å². The molecule has 0 saturated heterocycles. The van der Waals surface area contributed by atoms with Crippen LogP contribution in [0, 0.1) is 0 Å². The molecule has 0 amide bonds. The van der Waals surface area contributed by atoms with Crippen molar-refractivity contribution < 1.29 is 4.42 Å². The van der Waals surface area contributed by atoms with Gasteiger partial charge in [-0.15, -0.1) is 0 Å². The molecule has 2 rings (SSSR count). The molecule has 0 aliphatic heterocycles. The Morgan fingerprint density at radius 3 is 2.27 bits per heavy atom. The van der Waals surface area contributed by atoms with E-state index in [0.717, 1.165) is 11.1 Å². The van der Waals surface area contributed by atoms with Crippen molar-refractivity contribution in [2.45, 2.75) is 6.04 Å². The molecule has 15 heavy (non-hydrogen) atoms. The predicted molar refractivity (Wildman–Crippen MR) is 61.2 cm³/mol. The summed E-state index contributed by atoms with van der Waals surface area (Å²) in [6.07, 6.45) is 3.20. The fourth-order valence-electron chi connectivity index (χ4n) is 1.40. The van der Waals surface area contributed by atoms with E-state index in [4.69, 9.17) is 33.4 Å². The minimum absolute atomic E-state index is 0.264. The maximum atomic E-state index is 6.02. The van der Waals surface area contributed by atoms with Gasteiger partial charge in [0.15, 0.2) is 0 Å². The van der Waals surface area contributed by atoms with E-state index in [1.54, 1.807) is 30.7 Å². The van der Waals surface area contributed by atoms with Crippen LogP contribution in [-0.2, 0) is 0 Å². The van der Waals surface area contributed by atoms with Gasteiger partial charge in [0.25, 0.3) is 0 Å². The molecule has 4 heteroatoms. The summed E-state index contributed by atoms with van der Waals surface area (Å²) >= 11 is 11.8. The van der Waals surface area contributed by atoms with E-state index in [1.807, 2.05) is 6.07 Å². The normalized spacial score (nSPS) is 12.7. The summed E-state index contributed by atoms with van der Waals surface area (Å²) in [7, 11) is 0. The van der Waals surface area contributed by atoms with Crippen molar-refractivity contribution >= 4 is 23.2 Å². The molecular formula is C11H9Cl2NO. The molecule has 0 radical (unpaired) electrons. The molecule has 0 saturated carbocycles. The summed E-state index contributed by atoms with van der Waals surface area (Å²) < 4.78 is 4.97. The molecule has 2 nitrogen and oxygen atoms in total. The summed E-state index contributed by atoms with van der Waals surface area (Å²) in [5.41, 5.74) is 7.79. The Balaban J connectivity index is 2.37. The fourth-order valence-corrected chi connectivity index (χ4v) is 1.94. The van der Waals surface area contributed by atoms with E-state index in [1.165, 1.54) is 0 Å². The van der Waals surface area contributed by atoms with Crippen LogP contribution in [0.2, 0.25) is 10.0 Å². The number of hydrogen-bond donors (Lipinski definition) is 1. The monoisotopic (exact) mass is 241 g/mol. The van der Waals surface area contributed by atoms with Gasteiger partial charge in [0.05, 0.1) is 18.6 Å². The van der Waals surface area contributed by atoms with Gasteiger partial charge in [-0.25, -0.2) is 0 Å². The Labute approximate surface area is 97.6 Å². The Morgan fingerprint density at radius 2 is 1.73 bits per heavy atom. The van der Waals surface area contributed by atoms with E-state index in [-0.39, 0.29) is 6.04 Å². The highest BCUT2D eigenvalue weighted by molar-refractivity contribution is 6.34. The largest absolute Gasteiger partial charge is 0.472 e. The molecule has 1 aromatic carbocycles. The van der Waals surface area contributed by atoms with Gasteiger partial charge in [0.2, 0.25) is 0 Å². The highest BCUT2D eigenvalue weighted by Gasteiger charge is 2.11. The van der Waals surface area contributed by atoms with Crippen molar-refractivity contribution in [3.63, 3.8) is 0 Å². The number of halogens is 2. The van der Waals surface area contributed by atoms with Gasteiger partial charge in [-0.05, 0) is 29.8 Å². The lowest BCUT2D eigenvalue weighted by Crippen LogP contribution is -2.10. The first-order valence-electron chi connectivity index (χ1n) is 4.40. The first kappa shape index (κ1) is 10.6. The first-order chi connectivity index (χ1) is 7.16. The van der Waals surface area contributed by atoms with Crippen molar-refractivity contribution in [3.05, 3.63) is 58.0 Å². The number of furan rings is 1. The van der Waals surface area contributed by atoms with E-state index in [0.29, 0.717) is 10.0 Å². The molecule has 1 heterocycles. The van der Waals surface area contributed by atoms with Crippen LogP contribution in [0.15, 0.2) is 41.2 Å². The Kier molecular flexibility index (Phi) is 3.00. The lowest BCUT2D eigenvalue weighted by Gasteiger charge is -2.10. The molecule has 1 unspecified atom stereocenters. The average Bonchev–Trinajstić information content (AvgIpc) is 2.67. The SMILES string of the molecule is NC(c1ccoc1)c1cc(Cl)cc(Cl)c1. The molecule has 0 bridgehead atoms. The van der Waals surface area contributed by atoms with Crippen LogP contribution in [0.4, 0.5) is 0 Å². The van der Waals surface area contributed by atoms with Crippen LogP contribution in [0.5, 0.6) is 0 Å². The van der Waals surface area contributed by atoms with Gasteiger partial charge in [0, 0.05) is 15.6 Å².